The van der Waals surface area contributed by atoms with Gasteiger partial charge in [-0.3, -0.25) is 0 Å². The van der Waals surface area contributed by atoms with Crippen molar-refractivity contribution in [2.45, 2.75) is 6.92 Å². The lowest BCUT2D eigenvalue weighted by Gasteiger charge is -2.21. The molecule has 0 bridgehead atoms. The zero-order valence-corrected chi connectivity index (χ0v) is 26.1. The van der Waals surface area contributed by atoms with Crippen LogP contribution in [0.1, 0.15) is 5.56 Å². The maximum Gasteiger partial charge on any atom is 0.0709 e. The molecule has 0 N–H and O–H groups in total. The van der Waals surface area contributed by atoms with E-state index in [1.54, 1.807) is 0 Å². The van der Waals surface area contributed by atoms with Gasteiger partial charge in [0.1, 0.15) is 0 Å². The fraction of sp³-hybridized carbons (Fsp3) is 0.0217. The van der Waals surface area contributed by atoms with Crippen molar-refractivity contribution in [3.05, 3.63) is 175 Å². The maximum atomic E-state index is 5.17. The van der Waals surface area contributed by atoms with Gasteiger partial charge in [0.25, 0.3) is 0 Å². The van der Waals surface area contributed by atoms with E-state index < -0.39 is 0 Å². The lowest BCUT2D eigenvalue weighted by atomic mass is 9.82. The molecule has 1 heterocycles. The van der Waals surface area contributed by atoms with Crippen LogP contribution in [0.25, 0.3) is 87.9 Å². The molecule has 1 aromatic heterocycles. The van der Waals surface area contributed by atoms with E-state index >= 15 is 0 Å². The van der Waals surface area contributed by atoms with Crippen LogP contribution < -0.4 is 0 Å². The Morgan fingerprint density at radius 3 is 1.51 bits per heavy atom. The molecule has 0 aliphatic carbocycles. The Hall–Kier alpha value is -6.05. The Labute approximate surface area is 274 Å². The zero-order valence-electron chi connectivity index (χ0n) is 26.1. The van der Waals surface area contributed by atoms with E-state index in [1.165, 1.54) is 70.9 Å². The molecule has 0 amide bonds. The Morgan fingerprint density at radius 2 is 0.851 bits per heavy atom. The van der Waals surface area contributed by atoms with Crippen LogP contribution in [-0.4, -0.2) is 4.98 Å². The lowest BCUT2D eigenvalue weighted by molar-refractivity contribution is 1.33. The van der Waals surface area contributed by atoms with E-state index in [-0.39, 0.29) is 0 Å². The summed E-state index contributed by atoms with van der Waals surface area (Å²) in [4.78, 5) is 5.17. The van der Waals surface area contributed by atoms with E-state index in [9.17, 15) is 0 Å². The van der Waals surface area contributed by atoms with E-state index in [2.05, 4.69) is 171 Å². The van der Waals surface area contributed by atoms with Gasteiger partial charge in [-0.15, -0.1) is 0 Å². The minimum atomic E-state index is 0.966. The third kappa shape index (κ3) is 4.59. The number of rotatable bonds is 4. The molecule has 0 fully saturated rings. The van der Waals surface area contributed by atoms with Crippen molar-refractivity contribution in [2.24, 2.45) is 0 Å². The fourth-order valence-electron chi connectivity index (χ4n) is 7.33. The highest BCUT2D eigenvalue weighted by Gasteiger charge is 2.20. The first-order chi connectivity index (χ1) is 23.2. The van der Waals surface area contributed by atoms with Crippen LogP contribution in [0.5, 0.6) is 0 Å². The number of hydrogen-bond donors (Lipinski definition) is 0. The predicted octanol–water partition coefficient (Wildman–Crippen LogP) is 12.7. The molecule has 1 nitrogen and oxygen atoms in total. The molecule has 0 aliphatic rings. The molecular formula is C46H31N. The number of benzene rings is 8. The number of pyridine rings is 1. The SMILES string of the molecule is Cc1ccc2c(-c3cccc4ccccc34)c3cc(-c4cccc(-c5ccccc5)n4)ccc3c(-c3cccc4ccccc34)c2c1. The second kappa shape index (κ2) is 11.1. The molecule has 0 saturated heterocycles. The Bertz CT molecular complexity index is 2620. The van der Waals surface area contributed by atoms with Crippen LogP contribution >= 0.6 is 0 Å². The average Bonchev–Trinajstić information content (AvgIpc) is 3.14. The number of hydrogen-bond acceptors (Lipinski definition) is 1. The standard InChI is InChI=1S/C46H31N/c1-30-24-26-39-41(28-30)45(37-20-9-16-31-12-5-7-18-35(31)37)40-27-25-34(44-23-11-22-43(47-44)33-14-3-2-4-15-33)29-42(40)46(39)38-21-10-17-32-13-6-8-19-36(32)38/h2-29H,1H3. The third-order valence-corrected chi connectivity index (χ3v) is 9.50. The van der Waals surface area contributed by atoms with Crippen LogP contribution in [0.15, 0.2) is 170 Å². The molecule has 0 radical (unpaired) electrons. The van der Waals surface area contributed by atoms with E-state index in [0.717, 1.165) is 22.5 Å². The summed E-state index contributed by atoms with van der Waals surface area (Å²) in [6, 6.07) is 61.5. The number of fused-ring (bicyclic) bond motifs is 4. The highest BCUT2D eigenvalue weighted by atomic mass is 14.7. The van der Waals surface area contributed by atoms with E-state index in [4.69, 9.17) is 4.98 Å². The Morgan fingerprint density at radius 1 is 0.340 bits per heavy atom. The van der Waals surface area contributed by atoms with Crippen LogP contribution in [0, 0.1) is 6.92 Å². The van der Waals surface area contributed by atoms with Gasteiger partial charge in [0.05, 0.1) is 11.4 Å². The smallest absolute Gasteiger partial charge is 0.0709 e. The second-order valence-corrected chi connectivity index (χ2v) is 12.4. The van der Waals surface area contributed by atoms with Crippen molar-refractivity contribution < 1.29 is 0 Å². The molecule has 1 heteroatoms. The van der Waals surface area contributed by atoms with E-state index in [0.29, 0.717) is 0 Å². The molecule has 220 valence electrons. The molecule has 0 unspecified atom stereocenters. The van der Waals surface area contributed by atoms with Crippen LogP contribution in [0.4, 0.5) is 0 Å². The van der Waals surface area contributed by atoms with Crippen molar-refractivity contribution in [3.63, 3.8) is 0 Å². The summed E-state index contributed by atoms with van der Waals surface area (Å²) in [6.07, 6.45) is 0. The van der Waals surface area contributed by atoms with Gasteiger partial charge < -0.3 is 0 Å². The third-order valence-electron chi connectivity index (χ3n) is 9.50. The first-order valence-electron chi connectivity index (χ1n) is 16.2. The minimum absolute atomic E-state index is 0.966. The van der Waals surface area contributed by atoms with Gasteiger partial charge in [-0.25, -0.2) is 4.98 Å². The van der Waals surface area contributed by atoms with Crippen molar-refractivity contribution in [1.29, 1.82) is 0 Å². The van der Waals surface area contributed by atoms with Crippen LogP contribution in [0.3, 0.4) is 0 Å². The number of nitrogens with zero attached hydrogens (tertiary/aromatic N) is 1. The molecule has 0 saturated carbocycles. The first-order valence-corrected chi connectivity index (χ1v) is 16.2. The number of aromatic nitrogens is 1. The van der Waals surface area contributed by atoms with Gasteiger partial charge in [0.15, 0.2) is 0 Å². The minimum Gasteiger partial charge on any atom is -0.248 e. The maximum absolute atomic E-state index is 5.17. The molecule has 8 aromatic carbocycles. The van der Waals surface area contributed by atoms with Gasteiger partial charge in [0.2, 0.25) is 0 Å². The zero-order chi connectivity index (χ0) is 31.3. The normalized spacial score (nSPS) is 11.5. The van der Waals surface area contributed by atoms with Gasteiger partial charge in [-0.2, -0.15) is 0 Å². The lowest BCUT2D eigenvalue weighted by Crippen LogP contribution is -1.94. The monoisotopic (exact) mass is 597 g/mol. The summed E-state index contributed by atoms with van der Waals surface area (Å²) in [5.41, 5.74) is 10.4. The van der Waals surface area contributed by atoms with Crippen molar-refractivity contribution in [3.8, 4) is 44.8 Å². The molecule has 9 rings (SSSR count). The summed E-state index contributed by atoms with van der Waals surface area (Å²) in [7, 11) is 0. The molecule has 0 spiro atoms. The summed E-state index contributed by atoms with van der Waals surface area (Å²) in [5.74, 6) is 0. The van der Waals surface area contributed by atoms with E-state index in [1.807, 2.05) is 6.07 Å². The molecular weight excluding hydrogens is 567 g/mol. The Kier molecular flexibility index (Phi) is 6.43. The molecule has 47 heavy (non-hydrogen) atoms. The highest BCUT2D eigenvalue weighted by Crippen LogP contribution is 2.47. The van der Waals surface area contributed by atoms with Crippen molar-refractivity contribution in [1.82, 2.24) is 4.98 Å². The summed E-state index contributed by atoms with van der Waals surface area (Å²) < 4.78 is 0. The first kappa shape index (κ1) is 27.3. The van der Waals surface area contributed by atoms with Gasteiger partial charge in [-0.1, -0.05) is 157 Å². The van der Waals surface area contributed by atoms with Gasteiger partial charge in [0, 0.05) is 11.1 Å². The number of aryl methyl sites for hydroxylation is 1. The Balaban J connectivity index is 1.42. The molecule has 0 aliphatic heterocycles. The summed E-state index contributed by atoms with van der Waals surface area (Å²) in [5, 5.41) is 10.00. The average molecular weight is 598 g/mol. The second-order valence-electron chi connectivity index (χ2n) is 12.4. The predicted molar refractivity (Wildman–Crippen MR) is 201 cm³/mol. The quantitative estimate of drug-likeness (QED) is 0.184. The summed E-state index contributed by atoms with van der Waals surface area (Å²) >= 11 is 0. The molecule has 0 atom stereocenters. The van der Waals surface area contributed by atoms with Gasteiger partial charge >= 0.3 is 0 Å². The largest absolute Gasteiger partial charge is 0.248 e. The van der Waals surface area contributed by atoms with Crippen LogP contribution in [-0.2, 0) is 0 Å². The van der Waals surface area contributed by atoms with Crippen LogP contribution in [0.2, 0.25) is 0 Å². The van der Waals surface area contributed by atoms with Crippen molar-refractivity contribution in [2.75, 3.05) is 0 Å². The van der Waals surface area contributed by atoms with Crippen molar-refractivity contribution >= 4 is 43.1 Å². The topological polar surface area (TPSA) is 12.9 Å². The fourth-order valence-corrected chi connectivity index (χ4v) is 7.33. The summed E-state index contributed by atoms with van der Waals surface area (Å²) in [6.45, 7) is 2.20. The van der Waals surface area contributed by atoms with Gasteiger partial charge in [-0.05, 0) is 90.5 Å². The highest BCUT2D eigenvalue weighted by molar-refractivity contribution is 6.25. The molecule has 9 aromatic rings.